The van der Waals surface area contributed by atoms with E-state index in [4.69, 9.17) is 11.6 Å². The van der Waals surface area contributed by atoms with Crippen molar-refractivity contribution in [3.63, 3.8) is 0 Å². The number of rotatable bonds is 3. The molecule has 0 fully saturated rings. The molecule has 0 aliphatic carbocycles. The average molecular weight is 313 g/mol. The van der Waals surface area contributed by atoms with Gasteiger partial charge in [-0.1, -0.05) is 20.8 Å². The van der Waals surface area contributed by atoms with Gasteiger partial charge in [-0.05, 0) is 11.6 Å². The Hall–Kier alpha value is -1.60. The summed E-state index contributed by atoms with van der Waals surface area (Å²) in [4.78, 5) is 22.5. The first-order valence-corrected chi connectivity index (χ1v) is 7.14. The van der Waals surface area contributed by atoms with Crippen molar-refractivity contribution in [3.8, 4) is 0 Å². The van der Waals surface area contributed by atoms with Crippen molar-refractivity contribution in [3.05, 3.63) is 43.4 Å². The molecule has 2 aromatic rings. The molecule has 106 valence electrons. The van der Waals surface area contributed by atoms with Crippen LogP contribution in [0.4, 0.5) is 5.69 Å². The lowest BCUT2D eigenvalue weighted by Crippen LogP contribution is -2.11. The molecule has 0 radical (unpaired) electrons. The lowest BCUT2D eigenvalue weighted by molar-refractivity contribution is -0.386. The molecule has 2 heterocycles. The third-order valence-corrected chi connectivity index (χ3v) is 3.68. The highest BCUT2D eigenvalue weighted by Crippen LogP contribution is 2.26. The van der Waals surface area contributed by atoms with E-state index < -0.39 is 4.92 Å². The second-order valence-corrected chi connectivity index (χ2v) is 6.56. The Morgan fingerprint density at radius 2 is 2.10 bits per heavy atom. The van der Waals surface area contributed by atoms with Crippen molar-refractivity contribution in [2.24, 2.45) is 0 Å². The van der Waals surface area contributed by atoms with E-state index in [-0.39, 0.29) is 28.5 Å². The van der Waals surface area contributed by atoms with Crippen molar-refractivity contribution in [2.45, 2.75) is 32.6 Å². The van der Waals surface area contributed by atoms with Crippen LogP contribution in [0.3, 0.4) is 0 Å². The van der Waals surface area contributed by atoms with Crippen LogP contribution in [-0.2, 0) is 11.8 Å². The zero-order valence-corrected chi connectivity index (χ0v) is 12.8. The molecule has 2 rings (SSSR count). The molecule has 20 heavy (non-hydrogen) atoms. The quantitative estimate of drug-likeness (QED) is 0.493. The molecule has 0 aromatic carbocycles. The predicted molar refractivity (Wildman–Crippen MR) is 77.3 cm³/mol. The lowest BCUT2D eigenvalue weighted by Gasteiger charge is -2.14. The fraction of sp³-hybridized carbons (Fsp3) is 0.417. The molecule has 0 atom stereocenters. The van der Waals surface area contributed by atoms with Crippen molar-refractivity contribution in [1.82, 2.24) is 15.0 Å². The number of halogens is 1. The first kappa shape index (κ1) is 14.8. The minimum absolute atomic E-state index is 0.00167. The SMILES string of the molecule is CC(C)(C)c1csc(Cc2nc(Cl)ncc2[N+](=O)[O-])n1. The fourth-order valence-corrected chi connectivity index (χ4v) is 2.72. The van der Waals surface area contributed by atoms with Crippen LogP contribution in [0.25, 0.3) is 0 Å². The summed E-state index contributed by atoms with van der Waals surface area (Å²) in [7, 11) is 0. The van der Waals surface area contributed by atoms with E-state index >= 15 is 0 Å². The Labute approximate surface area is 125 Å². The largest absolute Gasteiger partial charge is 0.309 e. The van der Waals surface area contributed by atoms with E-state index in [1.807, 2.05) is 5.38 Å². The molecule has 8 heteroatoms. The Morgan fingerprint density at radius 1 is 1.40 bits per heavy atom. The summed E-state index contributed by atoms with van der Waals surface area (Å²) in [5.74, 6) is 0. The highest BCUT2D eigenvalue weighted by molar-refractivity contribution is 7.09. The minimum atomic E-state index is -0.510. The van der Waals surface area contributed by atoms with Crippen LogP contribution in [0.2, 0.25) is 5.28 Å². The van der Waals surface area contributed by atoms with Crippen LogP contribution in [0, 0.1) is 10.1 Å². The predicted octanol–water partition coefficient (Wildman–Crippen LogP) is 3.38. The number of nitro groups is 1. The van der Waals surface area contributed by atoms with Gasteiger partial charge < -0.3 is 0 Å². The maximum Gasteiger partial charge on any atom is 0.309 e. The highest BCUT2D eigenvalue weighted by atomic mass is 35.5. The Balaban J connectivity index is 2.32. The van der Waals surface area contributed by atoms with Gasteiger partial charge in [-0.25, -0.2) is 15.0 Å². The summed E-state index contributed by atoms with van der Waals surface area (Å²) in [6.45, 7) is 6.20. The topological polar surface area (TPSA) is 81.8 Å². The van der Waals surface area contributed by atoms with Gasteiger partial charge in [0.2, 0.25) is 5.28 Å². The molecular formula is C12H13ClN4O2S. The van der Waals surface area contributed by atoms with Gasteiger partial charge in [-0.3, -0.25) is 10.1 Å². The molecule has 0 saturated heterocycles. The summed E-state index contributed by atoms with van der Waals surface area (Å²) in [6.07, 6.45) is 1.41. The van der Waals surface area contributed by atoms with Gasteiger partial charge in [0.05, 0.1) is 15.6 Å². The summed E-state index contributed by atoms with van der Waals surface area (Å²) in [5, 5.41) is 13.7. The summed E-state index contributed by atoms with van der Waals surface area (Å²) >= 11 is 7.16. The summed E-state index contributed by atoms with van der Waals surface area (Å²) in [5.41, 5.74) is 1.05. The second kappa shape index (κ2) is 5.41. The van der Waals surface area contributed by atoms with Crippen molar-refractivity contribution >= 4 is 28.6 Å². The van der Waals surface area contributed by atoms with Crippen molar-refractivity contribution < 1.29 is 4.92 Å². The molecule has 0 amide bonds. The summed E-state index contributed by atoms with van der Waals surface area (Å²) in [6, 6.07) is 0. The zero-order valence-electron chi connectivity index (χ0n) is 11.3. The van der Waals surface area contributed by atoms with E-state index in [0.717, 1.165) is 16.9 Å². The number of nitrogens with zero attached hydrogens (tertiary/aromatic N) is 4. The Kier molecular flexibility index (Phi) is 4.01. The molecule has 0 aliphatic rings. The summed E-state index contributed by atoms with van der Waals surface area (Å²) < 4.78 is 0. The van der Waals surface area contributed by atoms with Gasteiger partial charge in [0.15, 0.2) is 0 Å². The molecule has 0 bridgehead atoms. The van der Waals surface area contributed by atoms with E-state index in [9.17, 15) is 10.1 Å². The maximum absolute atomic E-state index is 11.0. The Morgan fingerprint density at radius 3 is 2.65 bits per heavy atom. The third-order valence-electron chi connectivity index (χ3n) is 2.65. The average Bonchev–Trinajstić information content (AvgIpc) is 2.76. The van der Waals surface area contributed by atoms with Gasteiger partial charge >= 0.3 is 5.69 Å². The number of hydrogen-bond acceptors (Lipinski definition) is 6. The van der Waals surface area contributed by atoms with Crippen molar-refractivity contribution in [1.29, 1.82) is 0 Å². The van der Waals surface area contributed by atoms with E-state index in [0.29, 0.717) is 0 Å². The monoisotopic (exact) mass is 312 g/mol. The molecule has 0 N–H and O–H groups in total. The maximum atomic E-state index is 11.0. The smallest absolute Gasteiger partial charge is 0.258 e. The highest BCUT2D eigenvalue weighted by Gasteiger charge is 2.21. The van der Waals surface area contributed by atoms with Crippen LogP contribution in [0.15, 0.2) is 11.6 Å². The van der Waals surface area contributed by atoms with Gasteiger partial charge in [-0.15, -0.1) is 11.3 Å². The molecular weight excluding hydrogens is 300 g/mol. The molecule has 6 nitrogen and oxygen atoms in total. The molecule has 0 aliphatic heterocycles. The van der Waals surface area contributed by atoms with E-state index in [2.05, 4.69) is 35.7 Å². The van der Waals surface area contributed by atoms with Crippen LogP contribution >= 0.6 is 22.9 Å². The van der Waals surface area contributed by atoms with Gasteiger partial charge in [0, 0.05) is 17.2 Å². The van der Waals surface area contributed by atoms with Crippen LogP contribution in [0.5, 0.6) is 0 Å². The fourth-order valence-electron chi connectivity index (χ4n) is 1.55. The normalized spacial score (nSPS) is 11.6. The van der Waals surface area contributed by atoms with Crippen LogP contribution in [0.1, 0.15) is 37.2 Å². The van der Waals surface area contributed by atoms with Crippen LogP contribution in [-0.4, -0.2) is 19.9 Å². The molecule has 2 aromatic heterocycles. The molecule has 0 spiro atoms. The molecule has 0 saturated carbocycles. The number of hydrogen-bond donors (Lipinski definition) is 0. The van der Waals surface area contributed by atoms with Gasteiger partial charge in [0.1, 0.15) is 11.9 Å². The van der Waals surface area contributed by atoms with Crippen molar-refractivity contribution in [2.75, 3.05) is 0 Å². The van der Waals surface area contributed by atoms with Gasteiger partial charge in [0.25, 0.3) is 0 Å². The first-order chi connectivity index (χ1) is 9.27. The standard InChI is InChI=1S/C12H13ClN4O2S/c1-12(2,3)9-6-20-10(16-9)4-7-8(17(18)19)5-14-11(13)15-7/h5-6H,4H2,1-3H3. The Bertz CT molecular complexity index is 651. The minimum Gasteiger partial charge on any atom is -0.258 e. The first-order valence-electron chi connectivity index (χ1n) is 5.88. The number of aromatic nitrogens is 3. The van der Waals surface area contributed by atoms with Gasteiger partial charge in [-0.2, -0.15) is 0 Å². The lowest BCUT2D eigenvalue weighted by atomic mass is 9.93. The van der Waals surface area contributed by atoms with E-state index in [1.165, 1.54) is 11.3 Å². The van der Waals surface area contributed by atoms with Crippen LogP contribution < -0.4 is 0 Å². The second-order valence-electron chi connectivity index (χ2n) is 5.28. The van der Waals surface area contributed by atoms with E-state index in [1.54, 1.807) is 0 Å². The zero-order chi connectivity index (χ0) is 14.9. The molecule has 0 unspecified atom stereocenters. The third kappa shape index (κ3) is 3.29. The number of thiazole rings is 1.